The fourth-order valence-electron chi connectivity index (χ4n) is 1.93. The molecule has 21 heavy (non-hydrogen) atoms. The van der Waals surface area contributed by atoms with Crippen LogP contribution in [0, 0.1) is 10.1 Å². The van der Waals surface area contributed by atoms with Gasteiger partial charge in [0, 0.05) is 16.1 Å². The molecule has 0 aliphatic heterocycles. The summed E-state index contributed by atoms with van der Waals surface area (Å²) in [5.41, 5.74) is 1.11. The molecule has 0 heterocycles. The quantitative estimate of drug-likeness (QED) is 0.652. The van der Waals surface area contributed by atoms with Gasteiger partial charge in [0.1, 0.15) is 6.61 Å². The van der Waals surface area contributed by atoms with Crippen molar-refractivity contribution in [3.8, 4) is 5.75 Å². The zero-order valence-electron chi connectivity index (χ0n) is 11.3. The highest BCUT2D eigenvalue weighted by Gasteiger charge is 2.23. The second-order valence-corrected chi connectivity index (χ2v) is 5.47. The number of nitro benzene ring substituents is 1. The molecule has 1 N–H and O–H groups in total. The fourth-order valence-corrected chi connectivity index (χ4v) is 2.40. The molecule has 0 radical (unpaired) electrons. The van der Waals surface area contributed by atoms with Crippen LogP contribution >= 0.6 is 15.9 Å². The third-order valence-corrected chi connectivity index (χ3v) is 3.39. The number of aliphatic hydroxyl groups excluding tert-OH is 1. The van der Waals surface area contributed by atoms with Crippen molar-refractivity contribution in [2.45, 2.75) is 19.6 Å². The Labute approximate surface area is 130 Å². The first-order valence-corrected chi connectivity index (χ1v) is 7.11. The van der Waals surface area contributed by atoms with Gasteiger partial charge in [-0.2, -0.15) is 0 Å². The van der Waals surface area contributed by atoms with Gasteiger partial charge in [0.15, 0.2) is 0 Å². The number of rotatable bonds is 5. The standard InChI is InChI=1S/C15H14BrNO4/c1-10(18)13-7-12(16)8-14(17(19)20)15(13)21-9-11-5-3-2-4-6-11/h2-8,10,18H,9H2,1H3. The molecule has 2 aromatic carbocycles. The van der Waals surface area contributed by atoms with E-state index in [1.54, 1.807) is 13.0 Å². The molecule has 5 nitrogen and oxygen atoms in total. The molecule has 0 spiro atoms. The average molecular weight is 352 g/mol. The van der Waals surface area contributed by atoms with Crippen molar-refractivity contribution in [1.82, 2.24) is 0 Å². The summed E-state index contributed by atoms with van der Waals surface area (Å²) in [5, 5.41) is 21.0. The number of benzene rings is 2. The van der Waals surface area contributed by atoms with Crippen LogP contribution in [0.15, 0.2) is 46.9 Å². The Morgan fingerprint density at radius 1 is 1.33 bits per heavy atom. The zero-order chi connectivity index (χ0) is 15.4. The first-order chi connectivity index (χ1) is 9.99. The minimum atomic E-state index is -0.869. The van der Waals surface area contributed by atoms with Crippen LogP contribution in [0.1, 0.15) is 24.2 Å². The number of nitrogens with zero attached hydrogens (tertiary/aromatic N) is 1. The lowest BCUT2D eigenvalue weighted by Gasteiger charge is -2.14. The summed E-state index contributed by atoms with van der Waals surface area (Å²) in [6.45, 7) is 1.74. The average Bonchev–Trinajstić information content (AvgIpc) is 2.46. The predicted octanol–water partition coefficient (Wildman–Crippen LogP) is 3.99. The van der Waals surface area contributed by atoms with E-state index < -0.39 is 11.0 Å². The monoisotopic (exact) mass is 351 g/mol. The number of halogens is 1. The van der Waals surface area contributed by atoms with Gasteiger partial charge in [-0.3, -0.25) is 10.1 Å². The van der Waals surface area contributed by atoms with Gasteiger partial charge in [0.05, 0.1) is 11.0 Å². The largest absolute Gasteiger partial charge is 0.482 e. The maximum Gasteiger partial charge on any atom is 0.312 e. The van der Waals surface area contributed by atoms with E-state index in [1.165, 1.54) is 6.07 Å². The van der Waals surface area contributed by atoms with E-state index in [0.29, 0.717) is 10.0 Å². The Bertz CT molecular complexity index is 644. The third kappa shape index (κ3) is 3.80. The summed E-state index contributed by atoms with van der Waals surface area (Å²) in [6, 6.07) is 12.3. The molecule has 0 bridgehead atoms. The van der Waals surface area contributed by atoms with Crippen LogP contribution in [0.25, 0.3) is 0 Å². The lowest BCUT2D eigenvalue weighted by Crippen LogP contribution is -2.04. The molecular weight excluding hydrogens is 338 g/mol. The number of nitro groups is 1. The van der Waals surface area contributed by atoms with E-state index in [0.717, 1.165) is 5.56 Å². The predicted molar refractivity (Wildman–Crippen MR) is 82.2 cm³/mol. The summed E-state index contributed by atoms with van der Waals surface area (Å²) in [6.07, 6.45) is -0.869. The normalized spacial score (nSPS) is 12.0. The summed E-state index contributed by atoms with van der Waals surface area (Å²) in [4.78, 5) is 10.7. The van der Waals surface area contributed by atoms with E-state index >= 15 is 0 Å². The number of ether oxygens (including phenoxy) is 1. The van der Waals surface area contributed by atoms with E-state index in [1.807, 2.05) is 30.3 Å². The Kier molecular flexibility index (Phi) is 4.93. The number of aliphatic hydroxyl groups is 1. The van der Waals surface area contributed by atoms with E-state index in [9.17, 15) is 15.2 Å². The summed E-state index contributed by atoms with van der Waals surface area (Å²) in [5.74, 6) is 0.0991. The van der Waals surface area contributed by atoms with E-state index in [2.05, 4.69) is 15.9 Å². The van der Waals surface area contributed by atoms with Crippen molar-refractivity contribution < 1.29 is 14.8 Å². The Balaban J connectivity index is 2.38. The second kappa shape index (κ2) is 6.69. The third-order valence-electron chi connectivity index (χ3n) is 2.94. The van der Waals surface area contributed by atoms with Crippen molar-refractivity contribution >= 4 is 21.6 Å². The van der Waals surface area contributed by atoms with Crippen LogP contribution < -0.4 is 4.74 Å². The molecule has 110 valence electrons. The SMILES string of the molecule is CC(O)c1cc(Br)cc([N+](=O)[O-])c1OCc1ccccc1. The van der Waals surface area contributed by atoms with Crippen molar-refractivity contribution in [2.24, 2.45) is 0 Å². The Morgan fingerprint density at radius 2 is 2.00 bits per heavy atom. The highest BCUT2D eigenvalue weighted by Crippen LogP contribution is 2.38. The van der Waals surface area contributed by atoms with Crippen LogP contribution in [0.4, 0.5) is 5.69 Å². The van der Waals surface area contributed by atoms with Crippen LogP contribution in [0.3, 0.4) is 0 Å². The number of hydrogen-bond donors (Lipinski definition) is 1. The molecule has 1 atom stereocenters. The van der Waals surface area contributed by atoms with Gasteiger partial charge in [-0.15, -0.1) is 0 Å². The minimum Gasteiger partial charge on any atom is -0.482 e. The van der Waals surface area contributed by atoms with Gasteiger partial charge in [-0.1, -0.05) is 46.3 Å². The van der Waals surface area contributed by atoms with Crippen molar-refractivity contribution in [3.63, 3.8) is 0 Å². The summed E-state index contributed by atoms with van der Waals surface area (Å²) < 4.78 is 6.13. The number of hydrogen-bond acceptors (Lipinski definition) is 4. The van der Waals surface area contributed by atoms with Crippen LogP contribution in [-0.2, 0) is 6.61 Å². The molecular formula is C15H14BrNO4. The molecule has 0 aliphatic rings. The smallest absolute Gasteiger partial charge is 0.312 e. The molecule has 0 fully saturated rings. The summed E-state index contributed by atoms with van der Waals surface area (Å²) >= 11 is 3.21. The zero-order valence-corrected chi connectivity index (χ0v) is 12.9. The van der Waals surface area contributed by atoms with Gasteiger partial charge < -0.3 is 9.84 Å². The highest BCUT2D eigenvalue weighted by atomic mass is 79.9. The van der Waals surface area contributed by atoms with E-state index in [-0.39, 0.29) is 18.0 Å². The van der Waals surface area contributed by atoms with Gasteiger partial charge in [-0.05, 0) is 18.6 Å². The maximum absolute atomic E-state index is 11.2. The first-order valence-electron chi connectivity index (χ1n) is 6.31. The van der Waals surface area contributed by atoms with Crippen molar-refractivity contribution in [3.05, 3.63) is 68.2 Å². The van der Waals surface area contributed by atoms with Crippen LogP contribution in [-0.4, -0.2) is 10.0 Å². The van der Waals surface area contributed by atoms with Crippen molar-refractivity contribution in [1.29, 1.82) is 0 Å². The molecule has 2 aromatic rings. The van der Waals surface area contributed by atoms with Crippen LogP contribution in [0.5, 0.6) is 5.75 Å². The Morgan fingerprint density at radius 3 is 2.57 bits per heavy atom. The fraction of sp³-hybridized carbons (Fsp3) is 0.200. The molecule has 0 saturated heterocycles. The maximum atomic E-state index is 11.2. The lowest BCUT2D eigenvalue weighted by atomic mass is 10.1. The highest BCUT2D eigenvalue weighted by molar-refractivity contribution is 9.10. The Hall–Kier alpha value is -1.92. The van der Waals surface area contributed by atoms with Gasteiger partial charge >= 0.3 is 5.69 Å². The summed E-state index contributed by atoms with van der Waals surface area (Å²) in [7, 11) is 0. The molecule has 0 saturated carbocycles. The van der Waals surface area contributed by atoms with E-state index in [4.69, 9.17) is 4.74 Å². The minimum absolute atomic E-state index is 0.0991. The van der Waals surface area contributed by atoms with Gasteiger partial charge in [-0.25, -0.2) is 0 Å². The van der Waals surface area contributed by atoms with Gasteiger partial charge in [0.25, 0.3) is 0 Å². The lowest BCUT2D eigenvalue weighted by molar-refractivity contribution is -0.386. The molecule has 6 heteroatoms. The first kappa shape index (κ1) is 15.5. The molecule has 2 rings (SSSR count). The van der Waals surface area contributed by atoms with Crippen LogP contribution in [0.2, 0.25) is 0 Å². The topological polar surface area (TPSA) is 72.6 Å². The molecule has 0 aliphatic carbocycles. The van der Waals surface area contributed by atoms with Gasteiger partial charge in [0.2, 0.25) is 5.75 Å². The molecule has 0 aromatic heterocycles. The molecule has 1 unspecified atom stereocenters. The van der Waals surface area contributed by atoms with Crippen molar-refractivity contribution in [2.75, 3.05) is 0 Å². The molecule has 0 amide bonds. The second-order valence-electron chi connectivity index (χ2n) is 4.55.